The van der Waals surface area contributed by atoms with Crippen molar-refractivity contribution in [2.24, 2.45) is 0 Å². The van der Waals surface area contributed by atoms with Gasteiger partial charge in [0.15, 0.2) is 0 Å². The van der Waals surface area contributed by atoms with Gasteiger partial charge >= 0.3 is 0 Å². The molecule has 0 saturated carbocycles. The molecule has 7 heteroatoms. The van der Waals surface area contributed by atoms with Gasteiger partial charge in [0.05, 0.1) is 25.6 Å². The number of morpholine rings is 1. The van der Waals surface area contributed by atoms with E-state index in [-0.39, 0.29) is 17.6 Å². The van der Waals surface area contributed by atoms with Gasteiger partial charge in [-0.3, -0.25) is 9.59 Å². The lowest BCUT2D eigenvalue weighted by atomic mass is 10.1. The fraction of sp³-hybridized carbons (Fsp3) is 0.421. The van der Waals surface area contributed by atoms with Crippen molar-refractivity contribution in [2.45, 2.75) is 25.6 Å². The van der Waals surface area contributed by atoms with Crippen molar-refractivity contribution in [1.82, 2.24) is 14.9 Å². The average Bonchev–Trinajstić information content (AvgIpc) is 2.67. The minimum atomic E-state index is -0.159. The molecule has 1 aromatic carbocycles. The van der Waals surface area contributed by atoms with Gasteiger partial charge in [-0.05, 0) is 30.5 Å². The van der Waals surface area contributed by atoms with Crippen LogP contribution in [-0.2, 0) is 22.5 Å². The summed E-state index contributed by atoms with van der Waals surface area (Å²) < 4.78 is 10.9. The molecule has 138 valence electrons. The fourth-order valence-electron chi connectivity index (χ4n) is 3.03. The molecule has 1 N–H and O–H groups in total. The minimum Gasteiger partial charge on any atom is -0.380 e. The highest BCUT2D eigenvalue weighted by atomic mass is 16.5. The van der Waals surface area contributed by atoms with Crippen LogP contribution in [0, 0.1) is 0 Å². The summed E-state index contributed by atoms with van der Waals surface area (Å²) in [6.45, 7) is 2.17. The Hall–Kier alpha value is -2.51. The highest BCUT2D eigenvalue weighted by molar-refractivity contribution is 5.94. The Bertz CT molecular complexity index is 788. The number of carbonyl (C=O) groups excluding carboxylic acids is 1. The van der Waals surface area contributed by atoms with Gasteiger partial charge < -0.3 is 19.4 Å². The highest BCUT2D eigenvalue weighted by Gasteiger charge is 2.25. The molecule has 1 aliphatic heterocycles. The first-order valence-electron chi connectivity index (χ1n) is 8.68. The number of aromatic amines is 1. The number of aromatic nitrogens is 2. The number of H-pyrrole nitrogens is 1. The second-order valence-corrected chi connectivity index (χ2v) is 6.32. The number of hydrogen-bond acceptors (Lipinski definition) is 5. The Morgan fingerprint density at radius 1 is 1.38 bits per heavy atom. The summed E-state index contributed by atoms with van der Waals surface area (Å²) in [6, 6.07) is 8.98. The zero-order valence-electron chi connectivity index (χ0n) is 14.8. The molecule has 1 aromatic heterocycles. The van der Waals surface area contributed by atoms with Gasteiger partial charge in [0.1, 0.15) is 0 Å². The minimum absolute atomic E-state index is 0.0107. The molecule has 0 bridgehead atoms. The number of rotatable bonds is 6. The van der Waals surface area contributed by atoms with Gasteiger partial charge in [0, 0.05) is 37.5 Å². The molecule has 1 unspecified atom stereocenters. The summed E-state index contributed by atoms with van der Waals surface area (Å²) in [5, 5.41) is 0. The molecule has 1 aliphatic rings. The molecule has 1 atom stereocenters. The molecule has 26 heavy (non-hydrogen) atoms. The van der Waals surface area contributed by atoms with Gasteiger partial charge in [0.25, 0.3) is 11.5 Å². The third kappa shape index (κ3) is 4.77. The van der Waals surface area contributed by atoms with Crippen molar-refractivity contribution < 1.29 is 14.3 Å². The number of nitrogens with zero attached hydrogens (tertiary/aromatic N) is 2. The molecule has 1 amide bonds. The number of methoxy groups -OCH3 is 1. The summed E-state index contributed by atoms with van der Waals surface area (Å²) in [7, 11) is 1.65. The Morgan fingerprint density at radius 2 is 2.19 bits per heavy atom. The summed E-state index contributed by atoms with van der Waals surface area (Å²) in [5.74, 6) is 0.0107. The van der Waals surface area contributed by atoms with Gasteiger partial charge in [-0.2, -0.15) is 0 Å². The second-order valence-electron chi connectivity index (χ2n) is 6.32. The maximum Gasteiger partial charge on any atom is 0.254 e. The summed E-state index contributed by atoms with van der Waals surface area (Å²) in [5.41, 5.74) is 2.28. The van der Waals surface area contributed by atoms with E-state index in [0.29, 0.717) is 44.7 Å². The predicted octanol–water partition coefficient (Wildman–Crippen LogP) is 1.39. The van der Waals surface area contributed by atoms with Crippen LogP contribution in [0.2, 0.25) is 0 Å². The second kappa shape index (κ2) is 8.73. The topological polar surface area (TPSA) is 84.5 Å². The quantitative estimate of drug-likeness (QED) is 0.845. The number of benzene rings is 1. The van der Waals surface area contributed by atoms with Crippen LogP contribution in [0.15, 0.2) is 41.5 Å². The van der Waals surface area contributed by atoms with E-state index >= 15 is 0 Å². The smallest absolute Gasteiger partial charge is 0.254 e. The number of nitrogens with one attached hydrogen (secondary N) is 1. The van der Waals surface area contributed by atoms with E-state index in [1.54, 1.807) is 7.11 Å². The molecule has 0 aliphatic carbocycles. The molecule has 0 radical (unpaired) electrons. The van der Waals surface area contributed by atoms with E-state index in [2.05, 4.69) is 9.97 Å². The Balaban J connectivity index is 1.57. The van der Waals surface area contributed by atoms with Crippen LogP contribution in [0.1, 0.15) is 28.0 Å². The van der Waals surface area contributed by atoms with Crippen molar-refractivity contribution in [1.29, 1.82) is 0 Å². The zero-order valence-corrected chi connectivity index (χ0v) is 14.8. The molecule has 0 spiro atoms. The SMILES string of the molecule is COCc1ccc(C(=O)N2CCOC(CCc3cc(=O)[nH]cn3)C2)cc1. The summed E-state index contributed by atoms with van der Waals surface area (Å²) >= 11 is 0. The monoisotopic (exact) mass is 357 g/mol. The lowest BCUT2D eigenvalue weighted by Crippen LogP contribution is -2.45. The van der Waals surface area contributed by atoms with Crippen LogP contribution in [0.25, 0.3) is 0 Å². The first-order valence-corrected chi connectivity index (χ1v) is 8.68. The predicted molar refractivity (Wildman–Crippen MR) is 96.0 cm³/mol. The van der Waals surface area contributed by atoms with E-state index < -0.39 is 0 Å². The lowest BCUT2D eigenvalue weighted by molar-refractivity contribution is -0.0247. The standard InChI is InChI=1S/C19H23N3O4/c1-25-12-14-2-4-15(5-3-14)19(24)22-8-9-26-17(11-22)7-6-16-10-18(23)21-13-20-16/h2-5,10,13,17H,6-9,11-12H2,1H3,(H,20,21,23). The van der Waals surface area contributed by atoms with Gasteiger partial charge in [-0.1, -0.05) is 12.1 Å². The van der Waals surface area contributed by atoms with Crippen molar-refractivity contribution >= 4 is 5.91 Å². The van der Waals surface area contributed by atoms with E-state index in [0.717, 1.165) is 11.3 Å². The number of hydrogen-bond donors (Lipinski definition) is 1. The van der Waals surface area contributed by atoms with Crippen molar-refractivity contribution in [3.63, 3.8) is 0 Å². The molecule has 2 heterocycles. The first-order chi connectivity index (χ1) is 12.7. The molecule has 1 saturated heterocycles. The zero-order chi connectivity index (χ0) is 18.4. The van der Waals surface area contributed by atoms with Crippen molar-refractivity contribution in [3.8, 4) is 0 Å². The largest absolute Gasteiger partial charge is 0.380 e. The van der Waals surface area contributed by atoms with Crippen LogP contribution in [-0.4, -0.2) is 53.7 Å². The summed E-state index contributed by atoms with van der Waals surface area (Å²) in [4.78, 5) is 32.5. The molecular weight excluding hydrogens is 334 g/mol. The van der Waals surface area contributed by atoms with Gasteiger partial charge in [-0.25, -0.2) is 4.98 Å². The van der Waals surface area contributed by atoms with Crippen LogP contribution < -0.4 is 5.56 Å². The van der Waals surface area contributed by atoms with Crippen molar-refractivity contribution in [2.75, 3.05) is 26.8 Å². The maximum atomic E-state index is 12.7. The number of aryl methyl sites for hydroxylation is 1. The average molecular weight is 357 g/mol. The van der Waals surface area contributed by atoms with Gasteiger partial charge in [-0.15, -0.1) is 0 Å². The van der Waals surface area contributed by atoms with Gasteiger partial charge in [0.2, 0.25) is 0 Å². The third-order valence-electron chi connectivity index (χ3n) is 4.40. The number of carbonyl (C=O) groups is 1. The van der Waals surface area contributed by atoms with E-state index in [1.165, 1.54) is 12.4 Å². The van der Waals surface area contributed by atoms with E-state index in [1.807, 2.05) is 29.2 Å². The highest BCUT2D eigenvalue weighted by Crippen LogP contribution is 2.15. The molecular formula is C19H23N3O4. The van der Waals surface area contributed by atoms with Crippen LogP contribution in [0.3, 0.4) is 0 Å². The maximum absolute atomic E-state index is 12.7. The molecule has 2 aromatic rings. The summed E-state index contributed by atoms with van der Waals surface area (Å²) in [6.07, 6.45) is 2.71. The molecule has 7 nitrogen and oxygen atoms in total. The number of ether oxygens (including phenoxy) is 2. The van der Waals surface area contributed by atoms with E-state index in [4.69, 9.17) is 9.47 Å². The fourth-order valence-corrected chi connectivity index (χ4v) is 3.03. The van der Waals surface area contributed by atoms with Crippen LogP contribution in [0.5, 0.6) is 0 Å². The molecule has 1 fully saturated rings. The molecule has 3 rings (SSSR count). The van der Waals surface area contributed by atoms with Crippen LogP contribution >= 0.6 is 0 Å². The Kier molecular flexibility index (Phi) is 6.14. The Labute approximate surface area is 152 Å². The Morgan fingerprint density at radius 3 is 2.92 bits per heavy atom. The van der Waals surface area contributed by atoms with Crippen molar-refractivity contribution in [3.05, 3.63) is 63.8 Å². The van der Waals surface area contributed by atoms with E-state index in [9.17, 15) is 9.59 Å². The third-order valence-corrected chi connectivity index (χ3v) is 4.40. The lowest BCUT2D eigenvalue weighted by Gasteiger charge is -2.33. The van der Waals surface area contributed by atoms with Crippen LogP contribution in [0.4, 0.5) is 0 Å². The normalized spacial score (nSPS) is 17.3. The first kappa shape index (κ1) is 18.3. The number of amides is 1.